The summed E-state index contributed by atoms with van der Waals surface area (Å²) in [5.74, 6) is 0.314. The van der Waals surface area contributed by atoms with Crippen molar-refractivity contribution in [1.29, 1.82) is 0 Å². The van der Waals surface area contributed by atoms with Crippen molar-refractivity contribution in [2.24, 2.45) is 0 Å². The van der Waals surface area contributed by atoms with Crippen molar-refractivity contribution in [2.75, 3.05) is 39.3 Å². The summed E-state index contributed by atoms with van der Waals surface area (Å²) in [5.41, 5.74) is 0. The monoisotopic (exact) mass is 242 g/mol. The molecule has 0 spiro atoms. The van der Waals surface area contributed by atoms with Gasteiger partial charge >= 0.3 is 0 Å². The molecule has 5 heteroatoms. The largest absolute Gasteiger partial charge is 0.395 e. The molecule has 1 amide bonds. The number of likely N-dealkylation sites (tertiary alicyclic amines) is 1. The van der Waals surface area contributed by atoms with Crippen LogP contribution in [0.1, 0.15) is 26.2 Å². The van der Waals surface area contributed by atoms with Crippen LogP contribution in [0.2, 0.25) is 0 Å². The second-order valence-corrected chi connectivity index (χ2v) is 4.42. The molecule has 0 bridgehead atoms. The van der Waals surface area contributed by atoms with Crippen LogP contribution < -0.4 is 0 Å². The van der Waals surface area contributed by atoms with E-state index >= 15 is 0 Å². The number of carbonyl (C=O) groups is 2. The molecule has 0 unspecified atom stereocenters. The molecule has 17 heavy (non-hydrogen) atoms. The predicted octanol–water partition coefficient (Wildman–Crippen LogP) is -0.118. The number of piperidine rings is 1. The summed E-state index contributed by atoms with van der Waals surface area (Å²) < 4.78 is 0. The van der Waals surface area contributed by atoms with E-state index in [1.807, 2.05) is 4.90 Å². The first kappa shape index (κ1) is 14.1. The normalized spacial score (nSPS) is 16.6. The average molecular weight is 242 g/mol. The quantitative estimate of drug-likeness (QED) is 0.705. The van der Waals surface area contributed by atoms with Crippen molar-refractivity contribution in [2.45, 2.75) is 26.2 Å². The van der Waals surface area contributed by atoms with Crippen LogP contribution >= 0.6 is 0 Å². The highest BCUT2D eigenvalue weighted by molar-refractivity contribution is 5.84. The van der Waals surface area contributed by atoms with Crippen molar-refractivity contribution in [3.05, 3.63) is 0 Å². The molecular weight excluding hydrogens is 220 g/mol. The van der Waals surface area contributed by atoms with Gasteiger partial charge in [0.05, 0.1) is 13.2 Å². The Morgan fingerprint density at radius 2 is 2.00 bits per heavy atom. The Kier molecular flexibility index (Phi) is 6.15. The van der Waals surface area contributed by atoms with Gasteiger partial charge in [-0.25, -0.2) is 0 Å². The molecule has 1 fully saturated rings. The maximum Gasteiger partial charge on any atom is 0.236 e. The highest BCUT2D eigenvalue weighted by atomic mass is 16.3. The number of hydrogen-bond donors (Lipinski definition) is 1. The molecule has 1 N–H and O–H groups in total. The SMILES string of the molecule is CCCN(CCO)CC(=O)N1CCC(=O)CC1. The minimum atomic E-state index is 0.0689. The van der Waals surface area contributed by atoms with Crippen molar-refractivity contribution in [1.82, 2.24) is 9.80 Å². The number of aliphatic hydroxyl groups is 1. The van der Waals surface area contributed by atoms with Gasteiger partial charge in [-0.1, -0.05) is 6.92 Å². The van der Waals surface area contributed by atoms with Crippen molar-refractivity contribution in [3.8, 4) is 0 Å². The minimum absolute atomic E-state index is 0.0689. The molecule has 0 aromatic carbocycles. The fourth-order valence-electron chi connectivity index (χ4n) is 2.02. The minimum Gasteiger partial charge on any atom is -0.395 e. The van der Waals surface area contributed by atoms with Crippen molar-refractivity contribution in [3.63, 3.8) is 0 Å². The highest BCUT2D eigenvalue weighted by Gasteiger charge is 2.21. The van der Waals surface area contributed by atoms with Crippen LogP contribution in [0.5, 0.6) is 0 Å². The van der Waals surface area contributed by atoms with Crippen LogP contribution in [0.3, 0.4) is 0 Å². The molecule has 1 heterocycles. The number of rotatable bonds is 6. The summed E-state index contributed by atoms with van der Waals surface area (Å²) in [6.45, 7) is 4.93. The molecule has 0 aromatic heterocycles. The van der Waals surface area contributed by atoms with Gasteiger partial charge in [-0.05, 0) is 13.0 Å². The molecule has 0 atom stereocenters. The lowest BCUT2D eigenvalue weighted by Gasteiger charge is -2.29. The number of carbonyl (C=O) groups excluding carboxylic acids is 2. The van der Waals surface area contributed by atoms with Crippen LogP contribution in [0.15, 0.2) is 0 Å². The number of Topliss-reactive ketones (excluding diaryl/α,β-unsaturated/α-hetero) is 1. The van der Waals surface area contributed by atoms with E-state index in [-0.39, 0.29) is 18.3 Å². The predicted molar refractivity (Wildman–Crippen MR) is 64.6 cm³/mol. The third kappa shape index (κ3) is 4.83. The summed E-state index contributed by atoms with van der Waals surface area (Å²) in [7, 11) is 0. The Balaban J connectivity index is 2.37. The van der Waals surface area contributed by atoms with Gasteiger partial charge in [0.25, 0.3) is 0 Å². The van der Waals surface area contributed by atoms with Crippen molar-refractivity contribution < 1.29 is 14.7 Å². The van der Waals surface area contributed by atoms with Gasteiger partial charge in [0.2, 0.25) is 5.91 Å². The molecule has 0 radical (unpaired) electrons. The summed E-state index contributed by atoms with van der Waals surface area (Å²) in [5, 5.41) is 8.91. The Morgan fingerprint density at radius 1 is 1.35 bits per heavy atom. The van der Waals surface area contributed by atoms with Crippen LogP contribution in [-0.4, -0.2) is 65.9 Å². The lowest BCUT2D eigenvalue weighted by atomic mass is 10.1. The summed E-state index contributed by atoms with van der Waals surface area (Å²) in [4.78, 5) is 26.7. The van der Waals surface area contributed by atoms with E-state index in [2.05, 4.69) is 6.92 Å². The van der Waals surface area contributed by atoms with Gasteiger partial charge in [-0.3, -0.25) is 14.5 Å². The van der Waals surface area contributed by atoms with Crippen LogP contribution in [0.4, 0.5) is 0 Å². The number of nitrogens with zero attached hydrogens (tertiary/aromatic N) is 2. The van der Waals surface area contributed by atoms with E-state index in [4.69, 9.17) is 5.11 Å². The van der Waals surface area contributed by atoms with E-state index in [1.165, 1.54) is 0 Å². The maximum atomic E-state index is 12.0. The Labute approximate surface area is 102 Å². The number of aliphatic hydroxyl groups excluding tert-OH is 1. The van der Waals surface area contributed by atoms with Gasteiger partial charge < -0.3 is 10.0 Å². The lowest BCUT2D eigenvalue weighted by Crippen LogP contribution is -2.45. The molecule has 1 rings (SSSR count). The fraction of sp³-hybridized carbons (Fsp3) is 0.833. The molecule has 0 saturated carbocycles. The van der Waals surface area contributed by atoms with Gasteiger partial charge in [0.15, 0.2) is 0 Å². The molecule has 5 nitrogen and oxygen atoms in total. The Hall–Kier alpha value is -0.940. The second kappa shape index (κ2) is 7.40. The van der Waals surface area contributed by atoms with E-state index in [0.29, 0.717) is 39.0 Å². The topological polar surface area (TPSA) is 60.9 Å². The number of hydrogen-bond acceptors (Lipinski definition) is 4. The Bertz CT molecular complexity index is 252. The number of amides is 1. The van der Waals surface area contributed by atoms with Gasteiger partial charge in [0.1, 0.15) is 5.78 Å². The zero-order chi connectivity index (χ0) is 12.7. The first-order chi connectivity index (χ1) is 8.17. The Morgan fingerprint density at radius 3 is 2.53 bits per heavy atom. The van der Waals surface area contributed by atoms with Gasteiger partial charge in [-0.15, -0.1) is 0 Å². The molecule has 1 aliphatic rings. The van der Waals surface area contributed by atoms with E-state index in [9.17, 15) is 9.59 Å². The van der Waals surface area contributed by atoms with Crippen LogP contribution in [-0.2, 0) is 9.59 Å². The molecule has 0 aliphatic carbocycles. The smallest absolute Gasteiger partial charge is 0.236 e. The zero-order valence-electron chi connectivity index (χ0n) is 10.5. The highest BCUT2D eigenvalue weighted by Crippen LogP contribution is 2.06. The average Bonchev–Trinajstić information content (AvgIpc) is 2.30. The first-order valence-electron chi connectivity index (χ1n) is 6.30. The summed E-state index contributed by atoms with van der Waals surface area (Å²) in [6.07, 6.45) is 1.94. The summed E-state index contributed by atoms with van der Waals surface area (Å²) >= 11 is 0. The zero-order valence-corrected chi connectivity index (χ0v) is 10.5. The molecule has 0 aromatic rings. The molecular formula is C12H22N2O3. The van der Waals surface area contributed by atoms with Crippen LogP contribution in [0, 0.1) is 0 Å². The van der Waals surface area contributed by atoms with E-state index in [0.717, 1.165) is 13.0 Å². The van der Waals surface area contributed by atoms with Crippen molar-refractivity contribution >= 4 is 11.7 Å². The molecule has 1 saturated heterocycles. The van der Waals surface area contributed by atoms with E-state index in [1.54, 1.807) is 4.90 Å². The number of ketones is 1. The summed E-state index contributed by atoms with van der Waals surface area (Å²) in [6, 6.07) is 0. The first-order valence-corrected chi connectivity index (χ1v) is 6.30. The molecule has 98 valence electrons. The van der Waals surface area contributed by atoms with Gasteiger partial charge in [0, 0.05) is 32.5 Å². The maximum absolute atomic E-state index is 12.0. The molecule has 1 aliphatic heterocycles. The third-order valence-electron chi connectivity index (χ3n) is 2.99. The van der Waals surface area contributed by atoms with Crippen LogP contribution in [0.25, 0.3) is 0 Å². The third-order valence-corrected chi connectivity index (χ3v) is 2.99. The van der Waals surface area contributed by atoms with E-state index < -0.39 is 0 Å². The van der Waals surface area contributed by atoms with Gasteiger partial charge in [-0.2, -0.15) is 0 Å². The fourth-order valence-corrected chi connectivity index (χ4v) is 2.02. The standard InChI is InChI=1S/C12H22N2O3/c1-2-5-13(8-9-15)10-12(17)14-6-3-11(16)4-7-14/h15H,2-10H2,1H3. The second-order valence-electron chi connectivity index (χ2n) is 4.42. The lowest BCUT2D eigenvalue weighted by molar-refractivity contribution is -0.135.